The molecule has 1 unspecified atom stereocenters. The Morgan fingerprint density at radius 1 is 1.30 bits per heavy atom. The average molecular weight is 286 g/mol. The lowest BCUT2D eigenvalue weighted by Crippen LogP contribution is -2.34. The van der Waals surface area contributed by atoms with Gasteiger partial charge in [0.2, 0.25) is 0 Å². The van der Waals surface area contributed by atoms with Gasteiger partial charge >= 0.3 is 5.97 Å². The van der Waals surface area contributed by atoms with Gasteiger partial charge in [0, 0.05) is 6.61 Å². The molecule has 0 bridgehead atoms. The highest BCUT2D eigenvalue weighted by molar-refractivity contribution is 5.70. The molecule has 1 aliphatic heterocycles. The number of carboxylic acids is 1. The van der Waals surface area contributed by atoms with Crippen LogP contribution in [0.5, 0.6) is 0 Å². The van der Waals surface area contributed by atoms with Gasteiger partial charge in [-0.1, -0.05) is 39.0 Å². The Morgan fingerprint density at radius 3 is 2.65 bits per heavy atom. The van der Waals surface area contributed by atoms with Crippen molar-refractivity contribution in [2.45, 2.75) is 84.0 Å². The zero-order valence-corrected chi connectivity index (χ0v) is 13.0. The molecule has 0 aromatic rings. The van der Waals surface area contributed by atoms with Crippen LogP contribution in [0.15, 0.2) is 0 Å². The van der Waals surface area contributed by atoms with Crippen LogP contribution in [-0.2, 0) is 14.3 Å². The summed E-state index contributed by atoms with van der Waals surface area (Å²) in [5.41, 5.74) is 0. The van der Waals surface area contributed by atoms with Gasteiger partial charge in [-0.25, -0.2) is 0 Å². The standard InChI is InChI=1S/C16H30O4/c1-3-4-5-6-7-10-14(13(2)16(17)18)20-15-11-8-9-12-19-15/h13-15H,3-12H2,1-2H3,(H,17,18)/t13-,14+,15?/m0/s1. The highest BCUT2D eigenvalue weighted by Gasteiger charge is 2.28. The largest absolute Gasteiger partial charge is 0.481 e. The fraction of sp³-hybridized carbons (Fsp3) is 0.938. The van der Waals surface area contributed by atoms with Crippen LogP contribution in [0.3, 0.4) is 0 Å². The second kappa shape index (κ2) is 10.2. The molecule has 20 heavy (non-hydrogen) atoms. The summed E-state index contributed by atoms with van der Waals surface area (Å²) in [4.78, 5) is 11.2. The molecule has 1 fully saturated rings. The van der Waals surface area contributed by atoms with Gasteiger partial charge in [0.05, 0.1) is 12.0 Å². The molecular weight excluding hydrogens is 256 g/mol. The molecule has 0 aromatic carbocycles. The van der Waals surface area contributed by atoms with Crippen molar-refractivity contribution in [2.75, 3.05) is 6.61 Å². The van der Waals surface area contributed by atoms with Crippen LogP contribution >= 0.6 is 0 Å². The number of ether oxygens (including phenoxy) is 2. The lowest BCUT2D eigenvalue weighted by atomic mass is 9.98. The van der Waals surface area contributed by atoms with Crippen LogP contribution < -0.4 is 0 Å². The van der Waals surface area contributed by atoms with Crippen molar-refractivity contribution in [1.82, 2.24) is 0 Å². The molecule has 3 atom stereocenters. The van der Waals surface area contributed by atoms with E-state index in [-0.39, 0.29) is 12.4 Å². The van der Waals surface area contributed by atoms with Crippen molar-refractivity contribution in [3.8, 4) is 0 Å². The summed E-state index contributed by atoms with van der Waals surface area (Å²) in [6, 6.07) is 0. The van der Waals surface area contributed by atoms with Gasteiger partial charge in [-0.3, -0.25) is 4.79 Å². The highest BCUT2D eigenvalue weighted by atomic mass is 16.7. The Bertz CT molecular complexity index is 261. The molecule has 1 N–H and O–H groups in total. The van der Waals surface area contributed by atoms with Crippen molar-refractivity contribution >= 4 is 5.97 Å². The number of aliphatic carboxylic acids is 1. The van der Waals surface area contributed by atoms with Crippen molar-refractivity contribution in [3.05, 3.63) is 0 Å². The van der Waals surface area contributed by atoms with E-state index in [4.69, 9.17) is 9.47 Å². The van der Waals surface area contributed by atoms with Crippen molar-refractivity contribution in [3.63, 3.8) is 0 Å². The maximum Gasteiger partial charge on any atom is 0.308 e. The molecule has 4 heteroatoms. The van der Waals surface area contributed by atoms with Crippen LogP contribution in [0.2, 0.25) is 0 Å². The fourth-order valence-electron chi connectivity index (χ4n) is 2.56. The third kappa shape index (κ3) is 6.71. The minimum atomic E-state index is -0.778. The Labute approximate surface area is 122 Å². The quantitative estimate of drug-likeness (QED) is 0.617. The van der Waals surface area contributed by atoms with Crippen LogP contribution in [0.1, 0.15) is 71.6 Å². The molecule has 0 amide bonds. The molecule has 1 heterocycles. The first-order chi connectivity index (χ1) is 9.65. The third-order valence-electron chi connectivity index (χ3n) is 4.00. The van der Waals surface area contributed by atoms with E-state index in [1.165, 1.54) is 19.3 Å². The predicted octanol–water partition coefficient (Wildman–Crippen LogP) is 3.98. The smallest absolute Gasteiger partial charge is 0.308 e. The summed E-state index contributed by atoms with van der Waals surface area (Å²) < 4.78 is 11.5. The Morgan fingerprint density at radius 2 is 2.05 bits per heavy atom. The SMILES string of the molecule is CCCCCCC[C@@H](OC1CCCCO1)[C@H](C)C(=O)O. The van der Waals surface area contributed by atoms with E-state index in [0.29, 0.717) is 0 Å². The first kappa shape index (κ1) is 17.4. The normalized spacial score (nSPS) is 22.4. The van der Waals surface area contributed by atoms with E-state index in [9.17, 15) is 9.90 Å². The van der Waals surface area contributed by atoms with E-state index >= 15 is 0 Å². The molecule has 118 valence electrons. The molecule has 4 nitrogen and oxygen atoms in total. The van der Waals surface area contributed by atoms with Gasteiger partial charge in [0.15, 0.2) is 6.29 Å². The van der Waals surface area contributed by atoms with E-state index in [0.717, 1.165) is 45.1 Å². The second-order valence-corrected chi connectivity index (χ2v) is 5.80. The van der Waals surface area contributed by atoms with Crippen LogP contribution in [0.25, 0.3) is 0 Å². The number of carboxylic acid groups (broad SMARTS) is 1. The molecule has 0 radical (unpaired) electrons. The second-order valence-electron chi connectivity index (χ2n) is 5.80. The van der Waals surface area contributed by atoms with E-state index < -0.39 is 11.9 Å². The molecule has 0 aromatic heterocycles. The summed E-state index contributed by atoms with van der Waals surface area (Å²) >= 11 is 0. The summed E-state index contributed by atoms with van der Waals surface area (Å²) in [6.45, 7) is 4.66. The lowest BCUT2D eigenvalue weighted by Gasteiger charge is -2.29. The zero-order valence-electron chi connectivity index (χ0n) is 13.0. The van der Waals surface area contributed by atoms with Gasteiger partial charge in [0.1, 0.15) is 0 Å². The van der Waals surface area contributed by atoms with Gasteiger partial charge in [-0.05, 0) is 32.6 Å². The van der Waals surface area contributed by atoms with Gasteiger partial charge in [-0.2, -0.15) is 0 Å². The molecule has 0 aliphatic carbocycles. The van der Waals surface area contributed by atoms with Crippen LogP contribution in [-0.4, -0.2) is 30.1 Å². The molecule has 1 saturated heterocycles. The Kier molecular flexibility index (Phi) is 8.86. The zero-order chi connectivity index (χ0) is 14.8. The number of carbonyl (C=O) groups is 1. The average Bonchev–Trinajstić information content (AvgIpc) is 2.46. The topological polar surface area (TPSA) is 55.8 Å². The lowest BCUT2D eigenvalue weighted by molar-refractivity contribution is -0.202. The van der Waals surface area contributed by atoms with E-state index in [1.54, 1.807) is 6.92 Å². The number of hydrogen-bond acceptors (Lipinski definition) is 3. The highest BCUT2D eigenvalue weighted by Crippen LogP contribution is 2.22. The Balaban J connectivity index is 2.36. The first-order valence-electron chi connectivity index (χ1n) is 8.15. The number of hydrogen-bond donors (Lipinski definition) is 1. The predicted molar refractivity (Wildman–Crippen MR) is 78.6 cm³/mol. The minimum absolute atomic E-state index is 0.203. The summed E-state index contributed by atoms with van der Waals surface area (Å²) in [5.74, 6) is -1.24. The molecule has 0 spiro atoms. The molecule has 1 aliphatic rings. The molecular formula is C16H30O4. The number of unbranched alkanes of at least 4 members (excludes halogenated alkanes) is 4. The maximum atomic E-state index is 11.2. The summed E-state index contributed by atoms with van der Waals surface area (Å²) in [6.07, 6.45) is 9.36. The van der Waals surface area contributed by atoms with Crippen LogP contribution in [0, 0.1) is 5.92 Å². The van der Waals surface area contributed by atoms with Gasteiger partial charge in [-0.15, -0.1) is 0 Å². The van der Waals surface area contributed by atoms with Gasteiger partial charge < -0.3 is 14.6 Å². The van der Waals surface area contributed by atoms with Crippen LogP contribution in [0.4, 0.5) is 0 Å². The van der Waals surface area contributed by atoms with Crippen molar-refractivity contribution < 1.29 is 19.4 Å². The monoisotopic (exact) mass is 286 g/mol. The van der Waals surface area contributed by atoms with Crippen molar-refractivity contribution in [1.29, 1.82) is 0 Å². The van der Waals surface area contributed by atoms with Crippen molar-refractivity contribution in [2.24, 2.45) is 5.92 Å². The molecule has 1 rings (SSSR count). The summed E-state index contributed by atoms with van der Waals surface area (Å²) in [5, 5.41) is 9.20. The maximum absolute atomic E-state index is 11.2. The Hall–Kier alpha value is -0.610. The minimum Gasteiger partial charge on any atom is -0.481 e. The van der Waals surface area contributed by atoms with E-state index in [2.05, 4.69) is 6.92 Å². The van der Waals surface area contributed by atoms with E-state index in [1.807, 2.05) is 0 Å². The summed E-state index contributed by atoms with van der Waals surface area (Å²) in [7, 11) is 0. The molecule has 0 saturated carbocycles. The van der Waals surface area contributed by atoms with Gasteiger partial charge in [0.25, 0.3) is 0 Å². The fourth-order valence-corrected chi connectivity index (χ4v) is 2.56. The first-order valence-corrected chi connectivity index (χ1v) is 8.15. The third-order valence-corrected chi connectivity index (χ3v) is 4.00. The number of rotatable bonds is 10.